The number of hydrogen-bond donors (Lipinski definition) is 0. The van der Waals surface area contributed by atoms with Gasteiger partial charge in [0, 0.05) is 5.41 Å². The molecule has 1 aliphatic rings. The van der Waals surface area contributed by atoms with Crippen molar-refractivity contribution in [1.29, 1.82) is 0 Å². The molecule has 1 saturated heterocycles. The zero-order chi connectivity index (χ0) is 10.7. The Morgan fingerprint density at radius 2 is 2.07 bits per heavy atom. The first-order valence-electron chi connectivity index (χ1n) is 5.42. The zero-order valence-electron chi connectivity index (χ0n) is 9.40. The topological polar surface area (TPSA) is 18.5 Å². The largest absolute Gasteiger partial charge is 0.378 e. The Morgan fingerprint density at radius 3 is 2.67 bits per heavy atom. The second kappa shape index (κ2) is 4.33. The van der Waals surface area contributed by atoms with Crippen LogP contribution in [0.25, 0.3) is 0 Å². The van der Waals surface area contributed by atoms with Crippen molar-refractivity contribution in [2.24, 2.45) is 5.41 Å². The summed E-state index contributed by atoms with van der Waals surface area (Å²) in [6.45, 7) is 6.58. The maximum Gasteiger partial charge on any atom is 0.0885 e. The van der Waals surface area contributed by atoms with Gasteiger partial charge < -0.3 is 9.47 Å². The third-order valence-corrected chi connectivity index (χ3v) is 2.91. The Morgan fingerprint density at radius 1 is 1.33 bits per heavy atom. The summed E-state index contributed by atoms with van der Waals surface area (Å²) in [7, 11) is 0. The fourth-order valence-corrected chi connectivity index (χ4v) is 1.79. The van der Waals surface area contributed by atoms with Crippen molar-refractivity contribution in [1.82, 2.24) is 0 Å². The quantitative estimate of drug-likeness (QED) is 0.757. The van der Waals surface area contributed by atoms with Gasteiger partial charge in [0.2, 0.25) is 0 Å². The maximum absolute atomic E-state index is 5.88. The molecule has 2 rings (SSSR count). The van der Waals surface area contributed by atoms with Crippen LogP contribution in [0.1, 0.15) is 19.4 Å². The molecule has 0 saturated carbocycles. The molecule has 1 heterocycles. The standard InChI is InChI=1S/C13H18O2/c1-13(2)10-14-9-12(13)15-8-11-6-4-3-5-7-11/h3-7,12H,8-10H2,1-2H3. The molecule has 0 amide bonds. The van der Waals surface area contributed by atoms with E-state index < -0.39 is 0 Å². The first-order chi connectivity index (χ1) is 7.18. The predicted octanol–water partition coefficient (Wildman–Crippen LogP) is 2.63. The predicted molar refractivity (Wildman–Crippen MR) is 59.6 cm³/mol. The van der Waals surface area contributed by atoms with Gasteiger partial charge in [-0.25, -0.2) is 0 Å². The highest BCUT2D eigenvalue weighted by molar-refractivity contribution is 5.13. The van der Waals surface area contributed by atoms with Gasteiger partial charge in [0.05, 0.1) is 25.9 Å². The number of benzene rings is 1. The minimum absolute atomic E-state index is 0.148. The molecule has 15 heavy (non-hydrogen) atoms. The Bertz CT molecular complexity index is 306. The van der Waals surface area contributed by atoms with Crippen molar-refractivity contribution in [3.05, 3.63) is 35.9 Å². The normalized spacial score (nSPS) is 24.3. The van der Waals surface area contributed by atoms with E-state index in [2.05, 4.69) is 26.0 Å². The van der Waals surface area contributed by atoms with Gasteiger partial charge in [0.25, 0.3) is 0 Å². The van der Waals surface area contributed by atoms with E-state index >= 15 is 0 Å². The summed E-state index contributed by atoms with van der Waals surface area (Å²) in [4.78, 5) is 0. The lowest BCUT2D eigenvalue weighted by Crippen LogP contribution is -2.29. The summed E-state index contributed by atoms with van der Waals surface area (Å²) >= 11 is 0. The van der Waals surface area contributed by atoms with Crippen LogP contribution in [-0.2, 0) is 16.1 Å². The van der Waals surface area contributed by atoms with Crippen molar-refractivity contribution in [3.8, 4) is 0 Å². The van der Waals surface area contributed by atoms with E-state index in [9.17, 15) is 0 Å². The average Bonchev–Trinajstić information content (AvgIpc) is 2.56. The van der Waals surface area contributed by atoms with Crippen LogP contribution in [0.3, 0.4) is 0 Å². The highest BCUT2D eigenvalue weighted by Gasteiger charge is 2.36. The van der Waals surface area contributed by atoms with E-state index in [4.69, 9.17) is 9.47 Å². The molecule has 1 aliphatic heterocycles. The third-order valence-electron chi connectivity index (χ3n) is 2.91. The number of ether oxygens (including phenoxy) is 2. The van der Waals surface area contributed by atoms with Gasteiger partial charge in [-0.15, -0.1) is 0 Å². The summed E-state index contributed by atoms with van der Waals surface area (Å²) < 4.78 is 11.3. The van der Waals surface area contributed by atoms with Crippen LogP contribution < -0.4 is 0 Å². The van der Waals surface area contributed by atoms with E-state index in [0.717, 1.165) is 13.2 Å². The molecule has 0 aromatic heterocycles. The lowest BCUT2D eigenvalue weighted by Gasteiger charge is -2.24. The zero-order valence-corrected chi connectivity index (χ0v) is 9.40. The van der Waals surface area contributed by atoms with Gasteiger partial charge in [-0.3, -0.25) is 0 Å². The van der Waals surface area contributed by atoms with Crippen LogP contribution in [0.4, 0.5) is 0 Å². The Kier molecular flexibility index (Phi) is 3.08. The van der Waals surface area contributed by atoms with Crippen LogP contribution in [-0.4, -0.2) is 19.3 Å². The van der Waals surface area contributed by atoms with E-state index in [1.165, 1.54) is 5.56 Å². The fraction of sp³-hybridized carbons (Fsp3) is 0.538. The van der Waals surface area contributed by atoms with E-state index in [0.29, 0.717) is 6.61 Å². The van der Waals surface area contributed by atoms with Gasteiger partial charge >= 0.3 is 0 Å². The molecule has 82 valence electrons. The minimum atomic E-state index is 0.148. The first kappa shape index (κ1) is 10.7. The summed E-state index contributed by atoms with van der Waals surface area (Å²) in [6, 6.07) is 10.3. The first-order valence-corrected chi connectivity index (χ1v) is 5.42. The second-order valence-corrected chi connectivity index (χ2v) is 4.79. The monoisotopic (exact) mass is 206 g/mol. The maximum atomic E-state index is 5.88. The van der Waals surface area contributed by atoms with E-state index in [1.807, 2.05) is 18.2 Å². The molecule has 1 atom stereocenters. The fourth-order valence-electron chi connectivity index (χ4n) is 1.79. The summed E-state index contributed by atoms with van der Waals surface area (Å²) in [6.07, 6.45) is 0.220. The van der Waals surface area contributed by atoms with Crippen LogP contribution in [0.2, 0.25) is 0 Å². The molecule has 1 aromatic carbocycles. The number of rotatable bonds is 3. The van der Waals surface area contributed by atoms with Crippen molar-refractivity contribution < 1.29 is 9.47 Å². The Balaban J connectivity index is 1.89. The van der Waals surface area contributed by atoms with Gasteiger partial charge in [-0.05, 0) is 5.56 Å². The SMILES string of the molecule is CC1(C)COCC1OCc1ccccc1. The van der Waals surface area contributed by atoms with Crippen LogP contribution >= 0.6 is 0 Å². The minimum Gasteiger partial charge on any atom is -0.378 e. The molecule has 0 radical (unpaired) electrons. The molecule has 2 heteroatoms. The lowest BCUT2D eigenvalue weighted by molar-refractivity contribution is -0.00861. The third kappa shape index (κ3) is 2.58. The highest BCUT2D eigenvalue weighted by Crippen LogP contribution is 2.30. The molecule has 0 spiro atoms. The van der Waals surface area contributed by atoms with Crippen molar-refractivity contribution in [2.75, 3.05) is 13.2 Å². The lowest BCUT2D eigenvalue weighted by atomic mass is 9.90. The molecule has 0 aliphatic carbocycles. The van der Waals surface area contributed by atoms with Crippen molar-refractivity contribution >= 4 is 0 Å². The van der Waals surface area contributed by atoms with E-state index in [-0.39, 0.29) is 11.5 Å². The smallest absolute Gasteiger partial charge is 0.0885 e. The summed E-state index contributed by atoms with van der Waals surface area (Å²) in [5.74, 6) is 0. The molecule has 2 nitrogen and oxygen atoms in total. The Labute approximate surface area is 91.2 Å². The number of hydrogen-bond acceptors (Lipinski definition) is 2. The van der Waals surface area contributed by atoms with Gasteiger partial charge in [0.1, 0.15) is 0 Å². The Hall–Kier alpha value is -0.860. The van der Waals surface area contributed by atoms with Crippen LogP contribution in [0.5, 0.6) is 0 Å². The van der Waals surface area contributed by atoms with Gasteiger partial charge in [-0.2, -0.15) is 0 Å². The molecule has 1 aromatic rings. The summed E-state index contributed by atoms with van der Waals surface area (Å²) in [5, 5.41) is 0. The molecular weight excluding hydrogens is 188 g/mol. The molecular formula is C13H18O2. The molecule has 1 fully saturated rings. The van der Waals surface area contributed by atoms with Crippen molar-refractivity contribution in [2.45, 2.75) is 26.6 Å². The molecule has 0 N–H and O–H groups in total. The van der Waals surface area contributed by atoms with Gasteiger partial charge in [0.15, 0.2) is 0 Å². The molecule has 1 unspecified atom stereocenters. The second-order valence-electron chi connectivity index (χ2n) is 4.79. The average molecular weight is 206 g/mol. The van der Waals surface area contributed by atoms with Crippen LogP contribution in [0, 0.1) is 5.41 Å². The highest BCUT2D eigenvalue weighted by atomic mass is 16.5. The van der Waals surface area contributed by atoms with Gasteiger partial charge in [-0.1, -0.05) is 44.2 Å². The summed E-state index contributed by atoms with van der Waals surface area (Å²) in [5.41, 5.74) is 1.37. The van der Waals surface area contributed by atoms with Crippen molar-refractivity contribution in [3.63, 3.8) is 0 Å². The molecule has 0 bridgehead atoms. The van der Waals surface area contributed by atoms with E-state index in [1.54, 1.807) is 0 Å². The van der Waals surface area contributed by atoms with Crippen LogP contribution in [0.15, 0.2) is 30.3 Å².